The number of anilines is 1. The summed E-state index contributed by atoms with van der Waals surface area (Å²) < 4.78 is 10.7. The Kier molecular flexibility index (Phi) is 6.83. The number of hydrogen-bond donors (Lipinski definition) is 2. The van der Waals surface area contributed by atoms with E-state index in [0.717, 1.165) is 24.1 Å². The summed E-state index contributed by atoms with van der Waals surface area (Å²) in [5.74, 6) is 1.08. The molecule has 0 spiro atoms. The third kappa shape index (κ3) is 5.29. The van der Waals surface area contributed by atoms with E-state index in [4.69, 9.17) is 9.47 Å². The van der Waals surface area contributed by atoms with Crippen molar-refractivity contribution in [2.45, 2.75) is 0 Å². The zero-order valence-corrected chi connectivity index (χ0v) is 11.6. The van der Waals surface area contributed by atoms with Gasteiger partial charge in [0.05, 0.1) is 24.4 Å². The Morgan fingerprint density at radius 2 is 2.12 bits per heavy atom. The molecule has 0 unspecified atom stereocenters. The molecule has 1 rings (SSSR count). The molecule has 96 valence electrons. The molecular weight excluding hydrogens is 288 g/mol. The number of rotatable bonds is 8. The van der Waals surface area contributed by atoms with Gasteiger partial charge in [-0.3, -0.25) is 0 Å². The van der Waals surface area contributed by atoms with Crippen LogP contribution in [-0.4, -0.2) is 50.4 Å². The molecule has 0 aliphatic rings. The van der Waals surface area contributed by atoms with E-state index in [9.17, 15) is 0 Å². The van der Waals surface area contributed by atoms with Gasteiger partial charge in [-0.05, 0) is 15.9 Å². The largest absolute Gasteiger partial charge is 0.480 e. The van der Waals surface area contributed by atoms with Crippen molar-refractivity contribution in [3.05, 3.63) is 10.7 Å². The predicted molar refractivity (Wildman–Crippen MR) is 69.5 cm³/mol. The van der Waals surface area contributed by atoms with Crippen molar-refractivity contribution in [1.82, 2.24) is 15.3 Å². The number of aromatic nitrogens is 2. The highest BCUT2D eigenvalue weighted by Gasteiger charge is 2.03. The summed E-state index contributed by atoms with van der Waals surface area (Å²) in [7, 11) is 3.26. The van der Waals surface area contributed by atoms with E-state index in [1.165, 1.54) is 0 Å². The number of nitrogens with zero attached hydrogens (tertiary/aromatic N) is 2. The zero-order valence-electron chi connectivity index (χ0n) is 9.99. The van der Waals surface area contributed by atoms with Gasteiger partial charge in [-0.2, -0.15) is 4.98 Å². The van der Waals surface area contributed by atoms with Crippen LogP contribution < -0.4 is 15.4 Å². The molecule has 0 amide bonds. The lowest BCUT2D eigenvalue weighted by Crippen LogP contribution is -2.25. The minimum Gasteiger partial charge on any atom is -0.480 e. The molecule has 0 aliphatic carbocycles. The third-order valence-corrected chi connectivity index (χ3v) is 2.52. The van der Waals surface area contributed by atoms with Crippen LogP contribution in [0.2, 0.25) is 0 Å². The first-order valence-corrected chi connectivity index (χ1v) is 6.07. The lowest BCUT2D eigenvalue weighted by atomic mass is 10.5. The van der Waals surface area contributed by atoms with Gasteiger partial charge in [0, 0.05) is 26.7 Å². The number of hydrogen-bond acceptors (Lipinski definition) is 6. The molecule has 0 radical (unpaired) electrons. The fraction of sp³-hybridized carbons (Fsp3) is 0.600. The standard InChI is InChI=1S/C10H17BrN4O2/c1-16-6-5-12-3-4-13-10-14-7-8(11)9(15-10)17-2/h7,12H,3-6H2,1-2H3,(H,13,14,15). The molecule has 0 saturated heterocycles. The van der Waals surface area contributed by atoms with Crippen molar-refractivity contribution < 1.29 is 9.47 Å². The maximum Gasteiger partial charge on any atom is 0.232 e. The number of methoxy groups -OCH3 is 2. The quantitative estimate of drug-likeness (QED) is 0.696. The molecular formula is C10H17BrN4O2. The second kappa shape index (κ2) is 8.21. The summed E-state index contributed by atoms with van der Waals surface area (Å²) in [6, 6.07) is 0. The van der Waals surface area contributed by atoms with E-state index in [2.05, 4.69) is 36.5 Å². The minimum absolute atomic E-state index is 0.523. The molecule has 0 atom stereocenters. The van der Waals surface area contributed by atoms with Gasteiger partial charge in [0.25, 0.3) is 0 Å². The molecule has 7 heteroatoms. The van der Waals surface area contributed by atoms with Crippen LogP contribution in [0.4, 0.5) is 5.95 Å². The van der Waals surface area contributed by atoms with Gasteiger partial charge in [0.2, 0.25) is 11.8 Å². The predicted octanol–water partition coefficient (Wildman–Crippen LogP) is 0.896. The van der Waals surface area contributed by atoms with Crippen molar-refractivity contribution in [2.24, 2.45) is 0 Å². The molecule has 6 nitrogen and oxygen atoms in total. The summed E-state index contributed by atoms with van der Waals surface area (Å²) in [6.07, 6.45) is 1.66. The van der Waals surface area contributed by atoms with E-state index in [0.29, 0.717) is 18.4 Å². The van der Waals surface area contributed by atoms with E-state index in [1.807, 2.05) is 0 Å². The minimum atomic E-state index is 0.523. The van der Waals surface area contributed by atoms with Crippen molar-refractivity contribution in [2.75, 3.05) is 45.8 Å². The fourth-order valence-electron chi connectivity index (χ4n) is 1.14. The SMILES string of the molecule is COCCNCCNc1ncc(Br)c(OC)n1. The molecule has 0 aromatic carbocycles. The van der Waals surface area contributed by atoms with Crippen LogP contribution in [0, 0.1) is 0 Å². The first kappa shape index (κ1) is 14.1. The lowest BCUT2D eigenvalue weighted by Gasteiger charge is -2.07. The van der Waals surface area contributed by atoms with Gasteiger partial charge >= 0.3 is 0 Å². The number of nitrogens with one attached hydrogen (secondary N) is 2. The second-order valence-corrected chi connectivity index (χ2v) is 4.07. The van der Waals surface area contributed by atoms with E-state index < -0.39 is 0 Å². The maximum absolute atomic E-state index is 5.07. The number of ether oxygens (including phenoxy) is 2. The Bertz CT molecular complexity index is 338. The zero-order chi connectivity index (χ0) is 12.5. The van der Waals surface area contributed by atoms with Crippen LogP contribution in [0.25, 0.3) is 0 Å². The average molecular weight is 305 g/mol. The highest BCUT2D eigenvalue weighted by molar-refractivity contribution is 9.10. The van der Waals surface area contributed by atoms with Crippen molar-refractivity contribution in [1.29, 1.82) is 0 Å². The molecule has 0 fully saturated rings. The summed E-state index contributed by atoms with van der Waals surface area (Å²) in [4.78, 5) is 8.30. The summed E-state index contributed by atoms with van der Waals surface area (Å²) in [5.41, 5.74) is 0. The first-order chi connectivity index (χ1) is 8.27. The molecule has 0 bridgehead atoms. The van der Waals surface area contributed by atoms with Gasteiger partial charge in [-0.25, -0.2) is 4.98 Å². The molecule has 17 heavy (non-hydrogen) atoms. The third-order valence-electron chi connectivity index (χ3n) is 1.97. The molecule has 1 aromatic heterocycles. The smallest absolute Gasteiger partial charge is 0.232 e. The van der Waals surface area contributed by atoms with E-state index in [1.54, 1.807) is 20.4 Å². The summed E-state index contributed by atoms with van der Waals surface area (Å²) >= 11 is 3.30. The fourth-order valence-corrected chi connectivity index (χ4v) is 1.49. The van der Waals surface area contributed by atoms with Gasteiger partial charge in [0.1, 0.15) is 0 Å². The Morgan fingerprint density at radius 1 is 1.29 bits per heavy atom. The Balaban J connectivity index is 2.27. The van der Waals surface area contributed by atoms with Crippen LogP contribution in [-0.2, 0) is 4.74 Å². The van der Waals surface area contributed by atoms with E-state index >= 15 is 0 Å². The summed E-state index contributed by atoms with van der Waals surface area (Å²) in [5, 5.41) is 6.31. The maximum atomic E-state index is 5.07. The van der Waals surface area contributed by atoms with Crippen LogP contribution in [0.1, 0.15) is 0 Å². The van der Waals surface area contributed by atoms with Crippen LogP contribution in [0.5, 0.6) is 5.88 Å². The Hall–Kier alpha value is -0.920. The van der Waals surface area contributed by atoms with Crippen LogP contribution in [0.3, 0.4) is 0 Å². The molecule has 1 aromatic rings. The normalized spacial score (nSPS) is 10.3. The summed E-state index contributed by atoms with van der Waals surface area (Å²) in [6.45, 7) is 3.12. The van der Waals surface area contributed by atoms with Gasteiger partial charge in [-0.1, -0.05) is 0 Å². The number of halogens is 1. The Morgan fingerprint density at radius 3 is 2.82 bits per heavy atom. The highest BCUT2D eigenvalue weighted by atomic mass is 79.9. The van der Waals surface area contributed by atoms with Crippen LogP contribution >= 0.6 is 15.9 Å². The first-order valence-electron chi connectivity index (χ1n) is 5.28. The van der Waals surface area contributed by atoms with Crippen LogP contribution in [0.15, 0.2) is 10.7 Å². The topological polar surface area (TPSA) is 68.3 Å². The molecule has 0 saturated carbocycles. The second-order valence-electron chi connectivity index (χ2n) is 3.22. The van der Waals surface area contributed by atoms with Gasteiger partial charge in [-0.15, -0.1) is 0 Å². The van der Waals surface area contributed by atoms with E-state index in [-0.39, 0.29) is 0 Å². The monoisotopic (exact) mass is 304 g/mol. The average Bonchev–Trinajstić information content (AvgIpc) is 2.35. The Labute approximate surface area is 109 Å². The van der Waals surface area contributed by atoms with Crippen molar-refractivity contribution in [3.8, 4) is 5.88 Å². The van der Waals surface area contributed by atoms with Gasteiger partial charge < -0.3 is 20.1 Å². The van der Waals surface area contributed by atoms with Gasteiger partial charge in [0.15, 0.2) is 0 Å². The highest BCUT2D eigenvalue weighted by Crippen LogP contribution is 2.21. The van der Waals surface area contributed by atoms with Crippen molar-refractivity contribution in [3.63, 3.8) is 0 Å². The molecule has 2 N–H and O–H groups in total. The molecule has 1 heterocycles. The lowest BCUT2D eigenvalue weighted by molar-refractivity contribution is 0.200. The molecule has 0 aliphatic heterocycles. The van der Waals surface area contributed by atoms with Crippen molar-refractivity contribution >= 4 is 21.9 Å².